The molecular formula is C18H37O3P. The van der Waals surface area contributed by atoms with Gasteiger partial charge in [0.2, 0.25) is 0 Å². The zero-order valence-corrected chi connectivity index (χ0v) is 17.3. The van der Waals surface area contributed by atoms with E-state index in [0.29, 0.717) is 13.0 Å². The van der Waals surface area contributed by atoms with Crippen molar-refractivity contribution in [3.05, 3.63) is 0 Å². The molecule has 0 bridgehead atoms. The van der Waals surface area contributed by atoms with Crippen molar-refractivity contribution in [2.45, 2.75) is 85.1 Å². The quantitative estimate of drug-likeness (QED) is 0.460. The van der Waals surface area contributed by atoms with Crippen LogP contribution < -0.4 is 0 Å². The van der Waals surface area contributed by atoms with E-state index in [0.717, 1.165) is 6.42 Å². The zero-order chi connectivity index (χ0) is 17.8. The van der Waals surface area contributed by atoms with Crippen molar-refractivity contribution >= 4 is 13.9 Å². The van der Waals surface area contributed by atoms with Crippen LogP contribution in [0.5, 0.6) is 0 Å². The van der Waals surface area contributed by atoms with Gasteiger partial charge in [-0.2, -0.15) is 0 Å². The molecule has 0 aliphatic carbocycles. The monoisotopic (exact) mass is 332 g/mol. The average molecular weight is 332 g/mol. The van der Waals surface area contributed by atoms with Crippen molar-refractivity contribution in [2.24, 2.45) is 5.41 Å². The summed E-state index contributed by atoms with van der Waals surface area (Å²) in [6.45, 7) is 21.5. The maximum atomic E-state index is 12.8. The molecule has 0 saturated heterocycles. The number of carbonyl (C=O) groups excluding carboxylic acids is 1. The second-order valence-corrected chi connectivity index (χ2v) is 11.5. The highest BCUT2D eigenvalue weighted by Gasteiger charge is 2.43. The van der Waals surface area contributed by atoms with E-state index < -0.39 is 18.7 Å². The Morgan fingerprint density at radius 1 is 1.05 bits per heavy atom. The van der Waals surface area contributed by atoms with Crippen LogP contribution in [0.1, 0.15) is 68.2 Å². The van der Waals surface area contributed by atoms with Gasteiger partial charge in [-0.15, -0.1) is 0 Å². The molecule has 132 valence electrons. The Morgan fingerprint density at radius 3 is 1.91 bits per heavy atom. The third-order valence-corrected chi connectivity index (χ3v) is 6.14. The standard InChI is InChI=1S/C18H37O3P/c1-14(2)20-12-11-17(6,7)21-15(19)18(8,22(9)10)13-16(3,4)5/h14H,11-13H2,1-10H3. The Balaban J connectivity index is 4.89. The first-order valence-corrected chi connectivity index (χ1v) is 10.5. The molecule has 0 radical (unpaired) electrons. The summed E-state index contributed by atoms with van der Waals surface area (Å²) >= 11 is 0. The molecule has 0 aliphatic heterocycles. The molecular weight excluding hydrogens is 295 g/mol. The van der Waals surface area contributed by atoms with E-state index in [1.807, 2.05) is 27.7 Å². The van der Waals surface area contributed by atoms with E-state index >= 15 is 0 Å². The van der Waals surface area contributed by atoms with Crippen LogP contribution in [0, 0.1) is 5.41 Å². The summed E-state index contributed by atoms with van der Waals surface area (Å²) in [5, 5.41) is -0.399. The third kappa shape index (κ3) is 7.92. The predicted octanol–water partition coefficient (Wildman–Crippen LogP) is 5.06. The first-order valence-electron chi connectivity index (χ1n) is 8.22. The summed E-state index contributed by atoms with van der Waals surface area (Å²) in [4.78, 5) is 12.8. The summed E-state index contributed by atoms with van der Waals surface area (Å²) < 4.78 is 11.5. The second-order valence-electron chi connectivity index (χ2n) is 8.72. The number of carbonyl (C=O) groups is 1. The first-order chi connectivity index (χ1) is 9.69. The normalized spacial score (nSPS) is 16.0. The van der Waals surface area contributed by atoms with Gasteiger partial charge in [0.05, 0.1) is 17.9 Å². The van der Waals surface area contributed by atoms with Crippen molar-refractivity contribution in [3.63, 3.8) is 0 Å². The van der Waals surface area contributed by atoms with E-state index in [1.165, 1.54) is 0 Å². The first kappa shape index (κ1) is 21.9. The van der Waals surface area contributed by atoms with Crippen LogP contribution in [-0.4, -0.2) is 42.8 Å². The lowest BCUT2D eigenvalue weighted by Crippen LogP contribution is -2.43. The lowest BCUT2D eigenvalue weighted by Gasteiger charge is -2.39. The van der Waals surface area contributed by atoms with Gasteiger partial charge in [-0.25, -0.2) is 0 Å². The maximum Gasteiger partial charge on any atom is 0.316 e. The molecule has 0 amide bonds. The molecule has 0 N–H and O–H groups in total. The van der Waals surface area contributed by atoms with Crippen LogP contribution in [-0.2, 0) is 14.3 Å². The Morgan fingerprint density at radius 2 is 1.55 bits per heavy atom. The molecule has 22 heavy (non-hydrogen) atoms. The van der Waals surface area contributed by atoms with Gasteiger partial charge in [0, 0.05) is 6.42 Å². The number of hydrogen-bond donors (Lipinski definition) is 0. The third-order valence-electron chi connectivity index (χ3n) is 3.83. The molecule has 0 fully saturated rings. The number of rotatable bonds is 8. The molecule has 1 unspecified atom stereocenters. The molecule has 0 saturated carbocycles. The highest BCUT2D eigenvalue weighted by Crippen LogP contribution is 2.50. The summed E-state index contributed by atoms with van der Waals surface area (Å²) in [5.74, 6) is -0.0620. The van der Waals surface area contributed by atoms with Crippen molar-refractivity contribution in [3.8, 4) is 0 Å². The van der Waals surface area contributed by atoms with Gasteiger partial charge in [0.15, 0.2) is 0 Å². The highest BCUT2D eigenvalue weighted by atomic mass is 31.1. The minimum Gasteiger partial charge on any atom is -0.459 e. The summed E-state index contributed by atoms with van der Waals surface area (Å²) in [7, 11) is -0.432. The van der Waals surface area contributed by atoms with Gasteiger partial charge in [-0.05, 0) is 59.8 Å². The molecule has 1 atom stereocenters. The topological polar surface area (TPSA) is 35.5 Å². The van der Waals surface area contributed by atoms with Crippen LogP contribution in [0.15, 0.2) is 0 Å². The molecule has 3 nitrogen and oxygen atoms in total. The Kier molecular flexibility index (Phi) is 8.05. The van der Waals surface area contributed by atoms with Gasteiger partial charge in [-0.3, -0.25) is 4.79 Å². The van der Waals surface area contributed by atoms with E-state index in [-0.39, 0.29) is 17.5 Å². The molecule has 0 aromatic carbocycles. The van der Waals surface area contributed by atoms with Crippen LogP contribution >= 0.6 is 7.92 Å². The van der Waals surface area contributed by atoms with E-state index in [1.54, 1.807) is 0 Å². The van der Waals surface area contributed by atoms with E-state index in [4.69, 9.17) is 9.47 Å². The van der Waals surface area contributed by atoms with Crippen LogP contribution in [0.4, 0.5) is 0 Å². The smallest absolute Gasteiger partial charge is 0.316 e. The lowest BCUT2D eigenvalue weighted by atomic mass is 9.84. The molecule has 0 aromatic rings. The lowest BCUT2D eigenvalue weighted by molar-refractivity contribution is -0.162. The van der Waals surface area contributed by atoms with Gasteiger partial charge in [0.25, 0.3) is 0 Å². The Labute approximate surface area is 139 Å². The molecule has 0 aliphatic rings. The van der Waals surface area contributed by atoms with Gasteiger partial charge in [-0.1, -0.05) is 28.7 Å². The van der Waals surface area contributed by atoms with Crippen LogP contribution in [0.2, 0.25) is 0 Å². The van der Waals surface area contributed by atoms with Gasteiger partial charge in [0.1, 0.15) is 5.60 Å². The molecule has 0 rings (SSSR count). The minimum absolute atomic E-state index is 0.0620. The Hall–Kier alpha value is -0.140. The van der Waals surface area contributed by atoms with E-state index in [2.05, 4.69) is 41.0 Å². The van der Waals surface area contributed by atoms with Gasteiger partial charge >= 0.3 is 5.97 Å². The average Bonchev–Trinajstić information content (AvgIpc) is 2.24. The number of hydrogen-bond acceptors (Lipinski definition) is 3. The van der Waals surface area contributed by atoms with Crippen molar-refractivity contribution in [1.29, 1.82) is 0 Å². The molecule has 4 heteroatoms. The number of esters is 1. The van der Waals surface area contributed by atoms with Crippen molar-refractivity contribution < 1.29 is 14.3 Å². The van der Waals surface area contributed by atoms with Crippen LogP contribution in [0.25, 0.3) is 0 Å². The SMILES string of the molecule is CC(C)OCCC(C)(C)OC(=O)C(C)(CC(C)(C)C)P(C)C. The molecule has 0 heterocycles. The second kappa shape index (κ2) is 8.11. The van der Waals surface area contributed by atoms with E-state index in [9.17, 15) is 4.79 Å². The summed E-state index contributed by atoms with van der Waals surface area (Å²) in [5.41, 5.74) is -0.387. The number of ether oxygens (including phenoxy) is 2. The van der Waals surface area contributed by atoms with Crippen LogP contribution in [0.3, 0.4) is 0 Å². The molecule has 0 spiro atoms. The van der Waals surface area contributed by atoms with Crippen molar-refractivity contribution in [2.75, 3.05) is 19.9 Å². The van der Waals surface area contributed by atoms with Crippen molar-refractivity contribution in [1.82, 2.24) is 0 Å². The fourth-order valence-electron chi connectivity index (χ4n) is 2.40. The minimum atomic E-state index is -0.490. The predicted molar refractivity (Wildman–Crippen MR) is 97.1 cm³/mol. The fraction of sp³-hybridized carbons (Fsp3) is 0.944. The maximum absolute atomic E-state index is 12.8. The highest BCUT2D eigenvalue weighted by molar-refractivity contribution is 7.58. The Bertz CT molecular complexity index is 356. The molecule has 0 aromatic heterocycles. The summed E-state index contributed by atoms with van der Waals surface area (Å²) in [6.07, 6.45) is 1.76. The van der Waals surface area contributed by atoms with Gasteiger partial charge < -0.3 is 9.47 Å². The zero-order valence-electron chi connectivity index (χ0n) is 16.4. The summed E-state index contributed by atoms with van der Waals surface area (Å²) in [6, 6.07) is 0. The largest absolute Gasteiger partial charge is 0.459 e. The fourth-order valence-corrected chi connectivity index (χ4v) is 3.60.